The maximum Gasteiger partial charge on any atom is 0.320 e. The minimum atomic E-state index is -0.292. The highest BCUT2D eigenvalue weighted by Gasteiger charge is 2.02. The van der Waals surface area contributed by atoms with Crippen molar-refractivity contribution in [1.29, 1.82) is 0 Å². The third-order valence-electron chi connectivity index (χ3n) is 2.56. The fourth-order valence-electron chi connectivity index (χ4n) is 1.62. The number of ether oxygens (including phenoxy) is 1. The van der Waals surface area contributed by atoms with E-state index in [0.717, 1.165) is 11.3 Å². The molecule has 0 spiro atoms. The summed E-state index contributed by atoms with van der Waals surface area (Å²) in [5.74, 6) is 1.32. The molecule has 1 aromatic heterocycles. The van der Waals surface area contributed by atoms with E-state index in [1.807, 2.05) is 43.3 Å². The monoisotopic (exact) mass is 271 g/mol. The number of urea groups is 1. The lowest BCUT2D eigenvalue weighted by atomic mass is 10.3. The zero-order valence-electron chi connectivity index (χ0n) is 11.3. The van der Waals surface area contributed by atoms with Crippen molar-refractivity contribution in [2.45, 2.75) is 6.92 Å². The highest BCUT2D eigenvalue weighted by Crippen LogP contribution is 2.07. The molecule has 104 valence electrons. The molecule has 0 saturated carbocycles. The number of para-hydroxylation sites is 1. The Balaban J connectivity index is 1.68. The normalized spacial score (nSPS) is 9.85. The van der Waals surface area contributed by atoms with Gasteiger partial charge < -0.3 is 10.1 Å². The Morgan fingerprint density at radius 2 is 2.05 bits per heavy atom. The average molecular weight is 271 g/mol. The van der Waals surface area contributed by atoms with Crippen LogP contribution < -0.4 is 15.4 Å². The summed E-state index contributed by atoms with van der Waals surface area (Å²) in [4.78, 5) is 15.7. The zero-order chi connectivity index (χ0) is 14.2. The van der Waals surface area contributed by atoms with Crippen molar-refractivity contribution < 1.29 is 9.53 Å². The number of aryl methyl sites for hydroxylation is 1. The standard InChI is InChI=1S/C15H17N3O2/c1-12-7-8-16-14(11-12)18-15(19)17-9-10-20-13-5-3-2-4-6-13/h2-8,11H,9-10H2,1H3,(H2,16,17,18,19). The number of aromatic nitrogens is 1. The van der Waals surface area contributed by atoms with Gasteiger partial charge in [-0.05, 0) is 36.8 Å². The van der Waals surface area contributed by atoms with Crippen LogP contribution in [0.3, 0.4) is 0 Å². The summed E-state index contributed by atoms with van der Waals surface area (Å²) >= 11 is 0. The van der Waals surface area contributed by atoms with Crippen LogP contribution in [0.4, 0.5) is 10.6 Å². The first-order valence-corrected chi connectivity index (χ1v) is 6.39. The Labute approximate surface area is 118 Å². The summed E-state index contributed by atoms with van der Waals surface area (Å²) < 4.78 is 5.47. The van der Waals surface area contributed by atoms with Gasteiger partial charge in [0.1, 0.15) is 18.2 Å². The topological polar surface area (TPSA) is 63.2 Å². The number of nitrogens with zero attached hydrogens (tertiary/aromatic N) is 1. The first-order chi connectivity index (χ1) is 9.74. The van der Waals surface area contributed by atoms with Crippen molar-refractivity contribution in [3.63, 3.8) is 0 Å². The lowest BCUT2D eigenvalue weighted by molar-refractivity contribution is 0.247. The fraction of sp³-hybridized carbons (Fsp3) is 0.200. The molecule has 5 nitrogen and oxygen atoms in total. The van der Waals surface area contributed by atoms with Gasteiger partial charge in [-0.3, -0.25) is 5.32 Å². The summed E-state index contributed by atoms with van der Waals surface area (Å²) in [5, 5.41) is 5.37. The Kier molecular flexibility index (Phi) is 4.94. The van der Waals surface area contributed by atoms with Crippen LogP contribution in [-0.2, 0) is 0 Å². The lowest BCUT2D eigenvalue weighted by Gasteiger charge is -2.08. The van der Waals surface area contributed by atoms with Gasteiger partial charge >= 0.3 is 6.03 Å². The van der Waals surface area contributed by atoms with Gasteiger partial charge in [0.2, 0.25) is 0 Å². The van der Waals surface area contributed by atoms with E-state index in [4.69, 9.17) is 4.74 Å². The minimum Gasteiger partial charge on any atom is -0.492 e. The summed E-state index contributed by atoms with van der Waals surface area (Å²) in [6.45, 7) is 2.78. The number of hydrogen-bond donors (Lipinski definition) is 2. The summed E-state index contributed by atoms with van der Waals surface area (Å²) in [7, 11) is 0. The van der Waals surface area contributed by atoms with Crippen molar-refractivity contribution in [2.75, 3.05) is 18.5 Å². The maximum atomic E-state index is 11.6. The second-order valence-corrected chi connectivity index (χ2v) is 4.26. The number of rotatable bonds is 5. The van der Waals surface area contributed by atoms with E-state index >= 15 is 0 Å². The molecule has 0 saturated heterocycles. The van der Waals surface area contributed by atoms with E-state index < -0.39 is 0 Å². The molecule has 1 aromatic carbocycles. The third kappa shape index (κ3) is 4.61. The molecule has 0 unspecified atom stereocenters. The second-order valence-electron chi connectivity index (χ2n) is 4.26. The third-order valence-corrected chi connectivity index (χ3v) is 2.56. The van der Waals surface area contributed by atoms with E-state index in [1.54, 1.807) is 12.3 Å². The fourth-order valence-corrected chi connectivity index (χ4v) is 1.62. The van der Waals surface area contributed by atoms with E-state index in [2.05, 4.69) is 15.6 Å². The van der Waals surface area contributed by atoms with Gasteiger partial charge in [-0.25, -0.2) is 9.78 Å². The molecule has 0 aliphatic heterocycles. The van der Waals surface area contributed by atoms with Gasteiger partial charge in [0.25, 0.3) is 0 Å². The van der Waals surface area contributed by atoms with Crippen molar-refractivity contribution in [2.24, 2.45) is 0 Å². The van der Waals surface area contributed by atoms with Crippen LogP contribution in [0.1, 0.15) is 5.56 Å². The molecule has 2 aromatic rings. The van der Waals surface area contributed by atoms with Crippen LogP contribution >= 0.6 is 0 Å². The number of pyridine rings is 1. The van der Waals surface area contributed by atoms with Crippen LogP contribution in [0.15, 0.2) is 48.7 Å². The Morgan fingerprint density at radius 1 is 1.25 bits per heavy atom. The molecular weight excluding hydrogens is 254 g/mol. The van der Waals surface area contributed by atoms with Gasteiger partial charge in [0.15, 0.2) is 0 Å². The molecule has 2 amide bonds. The van der Waals surface area contributed by atoms with E-state index in [9.17, 15) is 4.79 Å². The van der Waals surface area contributed by atoms with Gasteiger partial charge in [-0.15, -0.1) is 0 Å². The van der Waals surface area contributed by atoms with Crippen molar-refractivity contribution in [1.82, 2.24) is 10.3 Å². The maximum absolute atomic E-state index is 11.6. The quantitative estimate of drug-likeness (QED) is 0.822. The number of hydrogen-bond acceptors (Lipinski definition) is 3. The summed E-state index contributed by atoms with van der Waals surface area (Å²) in [6, 6.07) is 12.9. The molecule has 5 heteroatoms. The molecule has 0 aliphatic rings. The molecular formula is C15H17N3O2. The van der Waals surface area contributed by atoms with Crippen molar-refractivity contribution in [3.05, 3.63) is 54.2 Å². The van der Waals surface area contributed by atoms with Crippen LogP contribution in [0.25, 0.3) is 0 Å². The number of nitrogens with one attached hydrogen (secondary N) is 2. The zero-order valence-corrected chi connectivity index (χ0v) is 11.3. The largest absolute Gasteiger partial charge is 0.492 e. The van der Waals surface area contributed by atoms with E-state index in [0.29, 0.717) is 19.0 Å². The molecule has 0 radical (unpaired) electrons. The molecule has 20 heavy (non-hydrogen) atoms. The number of carbonyl (C=O) groups is 1. The van der Waals surface area contributed by atoms with Crippen molar-refractivity contribution in [3.8, 4) is 5.75 Å². The van der Waals surface area contributed by atoms with Gasteiger partial charge in [-0.2, -0.15) is 0 Å². The molecule has 0 aliphatic carbocycles. The predicted octanol–water partition coefficient (Wildman–Crippen LogP) is 2.59. The number of anilines is 1. The summed E-state index contributed by atoms with van der Waals surface area (Å²) in [5.41, 5.74) is 1.04. The van der Waals surface area contributed by atoms with E-state index in [-0.39, 0.29) is 6.03 Å². The van der Waals surface area contributed by atoms with Crippen LogP contribution in [0.2, 0.25) is 0 Å². The number of carbonyl (C=O) groups excluding carboxylic acids is 1. The first kappa shape index (κ1) is 13.9. The average Bonchev–Trinajstić information content (AvgIpc) is 2.45. The van der Waals surface area contributed by atoms with Gasteiger partial charge in [-0.1, -0.05) is 18.2 Å². The van der Waals surface area contributed by atoms with Gasteiger partial charge in [0.05, 0.1) is 6.54 Å². The van der Waals surface area contributed by atoms with Gasteiger partial charge in [0, 0.05) is 6.20 Å². The van der Waals surface area contributed by atoms with Crippen molar-refractivity contribution >= 4 is 11.8 Å². The highest BCUT2D eigenvalue weighted by molar-refractivity contribution is 5.88. The number of amides is 2. The molecule has 2 rings (SSSR count). The smallest absolute Gasteiger partial charge is 0.320 e. The summed E-state index contributed by atoms with van der Waals surface area (Å²) in [6.07, 6.45) is 1.66. The highest BCUT2D eigenvalue weighted by atomic mass is 16.5. The molecule has 0 atom stereocenters. The Bertz CT molecular complexity index is 558. The Hall–Kier alpha value is -2.56. The molecule has 1 heterocycles. The predicted molar refractivity (Wildman–Crippen MR) is 77.9 cm³/mol. The Morgan fingerprint density at radius 3 is 2.80 bits per heavy atom. The van der Waals surface area contributed by atoms with Crippen LogP contribution in [0.5, 0.6) is 5.75 Å². The SMILES string of the molecule is Cc1ccnc(NC(=O)NCCOc2ccccc2)c1. The first-order valence-electron chi connectivity index (χ1n) is 6.39. The van der Waals surface area contributed by atoms with E-state index in [1.165, 1.54) is 0 Å². The molecule has 0 fully saturated rings. The van der Waals surface area contributed by atoms with Crippen LogP contribution in [0, 0.1) is 6.92 Å². The lowest BCUT2D eigenvalue weighted by Crippen LogP contribution is -2.32. The van der Waals surface area contributed by atoms with Crippen LogP contribution in [-0.4, -0.2) is 24.2 Å². The minimum absolute atomic E-state index is 0.292. The molecule has 0 bridgehead atoms. The molecule has 2 N–H and O–H groups in total. The number of benzene rings is 1. The second kappa shape index (κ2) is 7.13.